The molecule has 0 aromatic heterocycles. The van der Waals surface area contributed by atoms with E-state index in [0.717, 1.165) is 58.7 Å². The molecule has 2 atom stereocenters. The van der Waals surface area contributed by atoms with E-state index in [2.05, 4.69) is 18.7 Å². The lowest BCUT2D eigenvalue weighted by atomic mass is 9.81. The van der Waals surface area contributed by atoms with Crippen LogP contribution < -0.4 is 5.73 Å². The van der Waals surface area contributed by atoms with Gasteiger partial charge in [0.1, 0.15) is 0 Å². The lowest BCUT2D eigenvalue weighted by Crippen LogP contribution is -2.59. The zero-order valence-corrected chi connectivity index (χ0v) is 11.9. The minimum atomic E-state index is 0.140. The second-order valence-corrected chi connectivity index (χ2v) is 5.99. The highest BCUT2D eigenvalue weighted by molar-refractivity contribution is 4.97. The molecule has 0 aromatic carbocycles. The van der Waals surface area contributed by atoms with Crippen molar-refractivity contribution in [2.75, 3.05) is 39.5 Å². The van der Waals surface area contributed by atoms with E-state index in [-0.39, 0.29) is 5.54 Å². The van der Waals surface area contributed by atoms with E-state index in [1.807, 2.05) is 0 Å². The van der Waals surface area contributed by atoms with Gasteiger partial charge in [0.15, 0.2) is 0 Å². The Hall–Kier alpha value is -0.160. The van der Waals surface area contributed by atoms with Gasteiger partial charge >= 0.3 is 0 Å². The van der Waals surface area contributed by atoms with Gasteiger partial charge in [-0.1, -0.05) is 13.8 Å². The first kappa shape index (κ1) is 14.3. The van der Waals surface area contributed by atoms with Crippen molar-refractivity contribution >= 4 is 0 Å². The Kier molecular flexibility index (Phi) is 5.01. The highest BCUT2D eigenvalue weighted by Crippen LogP contribution is 2.33. The van der Waals surface area contributed by atoms with Crippen LogP contribution in [0.1, 0.15) is 33.1 Å². The molecule has 2 heterocycles. The van der Waals surface area contributed by atoms with E-state index in [0.29, 0.717) is 12.0 Å². The minimum absolute atomic E-state index is 0.140. The van der Waals surface area contributed by atoms with Crippen LogP contribution in [0.15, 0.2) is 0 Å². The van der Waals surface area contributed by atoms with Gasteiger partial charge in [0.2, 0.25) is 0 Å². The Balaban J connectivity index is 2.07. The Labute approximate surface area is 111 Å². The smallest absolute Gasteiger partial charge is 0.0616 e. The van der Waals surface area contributed by atoms with E-state index in [9.17, 15) is 0 Å². The van der Waals surface area contributed by atoms with Crippen LogP contribution in [0.5, 0.6) is 0 Å². The van der Waals surface area contributed by atoms with Gasteiger partial charge in [0.05, 0.1) is 12.7 Å². The van der Waals surface area contributed by atoms with Crippen molar-refractivity contribution in [1.82, 2.24) is 4.90 Å². The van der Waals surface area contributed by atoms with Gasteiger partial charge in [0, 0.05) is 38.4 Å². The zero-order valence-electron chi connectivity index (χ0n) is 11.9. The number of hydrogen-bond acceptors (Lipinski definition) is 4. The van der Waals surface area contributed by atoms with Gasteiger partial charge in [-0.05, 0) is 25.2 Å². The van der Waals surface area contributed by atoms with Gasteiger partial charge in [-0.25, -0.2) is 0 Å². The van der Waals surface area contributed by atoms with E-state index >= 15 is 0 Å². The maximum absolute atomic E-state index is 6.14. The molecule has 2 rings (SSSR count). The van der Waals surface area contributed by atoms with E-state index in [1.165, 1.54) is 0 Å². The fourth-order valence-corrected chi connectivity index (χ4v) is 3.19. The van der Waals surface area contributed by atoms with Crippen molar-refractivity contribution in [1.29, 1.82) is 0 Å². The SMILES string of the molecule is CC(C)C1CC(CN)(N2CCCOCC2)CCO1. The second-order valence-electron chi connectivity index (χ2n) is 5.99. The van der Waals surface area contributed by atoms with Crippen LogP contribution in [0.25, 0.3) is 0 Å². The molecule has 0 radical (unpaired) electrons. The lowest BCUT2D eigenvalue weighted by molar-refractivity contribution is -0.0874. The number of nitrogens with two attached hydrogens (primary N) is 1. The molecule has 0 saturated carbocycles. The monoisotopic (exact) mass is 256 g/mol. The Morgan fingerprint density at radius 2 is 2.11 bits per heavy atom. The van der Waals surface area contributed by atoms with Crippen molar-refractivity contribution < 1.29 is 9.47 Å². The molecule has 2 N–H and O–H groups in total. The maximum Gasteiger partial charge on any atom is 0.0616 e. The molecular formula is C14H28N2O2. The van der Waals surface area contributed by atoms with Crippen LogP contribution in [0, 0.1) is 5.92 Å². The van der Waals surface area contributed by atoms with E-state index in [1.54, 1.807) is 0 Å². The summed E-state index contributed by atoms with van der Waals surface area (Å²) in [4.78, 5) is 2.57. The molecule has 2 unspecified atom stereocenters. The third-order valence-electron chi connectivity index (χ3n) is 4.50. The quantitative estimate of drug-likeness (QED) is 0.825. The van der Waals surface area contributed by atoms with Gasteiger partial charge in [-0.15, -0.1) is 0 Å². The van der Waals surface area contributed by atoms with Crippen molar-refractivity contribution in [3.05, 3.63) is 0 Å². The third-order valence-corrected chi connectivity index (χ3v) is 4.50. The predicted molar refractivity (Wildman–Crippen MR) is 72.6 cm³/mol. The lowest BCUT2D eigenvalue weighted by Gasteiger charge is -2.48. The van der Waals surface area contributed by atoms with Gasteiger partial charge < -0.3 is 15.2 Å². The van der Waals surface area contributed by atoms with Crippen LogP contribution in [-0.2, 0) is 9.47 Å². The molecule has 2 aliphatic heterocycles. The average Bonchev–Trinajstić information content (AvgIpc) is 2.68. The molecule has 0 spiro atoms. The molecule has 18 heavy (non-hydrogen) atoms. The second kappa shape index (κ2) is 6.33. The topological polar surface area (TPSA) is 47.7 Å². The molecule has 106 valence electrons. The highest BCUT2D eigenvalue weighted by Gasteiger charge is 2.41. The van der Waals surface area contributed by atoms with Gasteiger partial charge in [0.25, 0.3) is 0 Å². The van der Waals surface area contributed by atoms with Crippen molar-refractivity contribution in [3.63, 3.8) is 0 Å². The molecular weight excluding hydrogens is 228 g/mol. The summed E-state index contributed by atoms with van der Waals surface area (Å²) in [5.74, 6) is 0.569. The molecule has 0 aromatic rings. The van der Waals surface area contributed by atoms with Crippen LogP contribution in [0.4, 0.5) is 0 Å². The van der Waals surface area contributed by atoms with Crippen LogP contribution >= 0.6 is 0 Å². The average molecular weight is 256 g/mol. The zero-order chi connectivity index (χ0) is 13.0. The normalized spacial score (nSPS) is 35.7. The Morgan fingerprint density at radius 3 is 2.83 bits per heavy atom. The van der Waals surface area contributed by atoms with Crippen molar-refractivity contribution in [2.45, 2.75) is 44.8 Å². The molecule has 4 nitrogen and oxygen atoms in total. The summed E-state index contributed by atoms with van der Waals surface area (Å²) in [5, 5.41) is 0. The van der Waals surface area contributed by atoms with Gasteiger partial charge in [-0.3, -0.25) is 4.90 Å². The van der Waals surface area contributed by atoms with Crippen molar-refractivity contribution in [3.8, 4) is 0 Å². The summed E-state index contributed by atoms with van der Waals surface area (Å²) in [6, 6.07) is 0. The van der Waals surface area contributed by atoms with E-state index < -0.39 is 0 Å². The van der Waals surface area contributed by atoms with Crippen LogP contribution in [-0.4, -0.2) is 56.0 Å². The summed E-state index contributed by atoms with van der Waals surface area (Å²) < 4.78 is 11.5. The third kappa shape index (κ3) is 3.05. The fourth-order valence-electron chi connectivity index (χ4n) is 3.19. The predicted octanol–water partition coefficient (Wildman–Crippen LogP) is 1.24. The number of ether oxygens (including phenoxy) is 2. The molecule has 4 heteroatoms. The molecule has 0 amide bonds. The molecule has 0 aliphatic carbocycles. The first-order chi connectivity index (χ1) is 8.68. The summed E-state index contributed by atoms with van der Waals surface area (Å²) in [5.41, 5.74) is 6.28. The number of hydrogen-bond donors (Lipinski definition) is 1. The largest absolute Gasteiger partial charge is 0.380 e. The van der Waals surface area contributed by atoms with Crippen molar-refractivity contribution in [2.24, 2.45) is 11.7 Å². The molecule has 0 bridgehead atoms. The van der Waals surface area contributed by atoms with E-state index in [4.69, 9.17) is 15.2 Å². The highest BCUT2D eigenvalue weighted by atomic mass is 16.5. The standard InChI is InChI=1S/C14H28N2O2/c1-12(2)13-10-14(11-15,4-8-18-13)16-5-3-7-17-9-6-16/h12-13H,3-11,15H2,1-2H3. The summed E-state index contributed by atoms with van der Waals surface area (Å²) in [6.07, 6.45) is 3.61. The fraction of sp³-hybridized carbons (Fsp3) is 1.00. The first-order valence-electron chi connectivity index (χ1n) is 7.32. The summed E-state index contributed by atoms with van der Waals surface area (Å²) >= 11 is 0. The molecule has 2 saturated heterocycles. The first-order valence-corrected chi connectivity index (χ1v) is 7.32. The number of rotatable bonds is 3. The molecule has 2 aliphatic rings. The molecule has 2 fully saturated rings. The summed E-state index contributed by atoms with van der Waals surface area (Å²) in [6.45, 7) is 9.92. The minimum Gasteiger partial charge on any atom is -0.380 e. The Bertz CT molecular complexity index is 252. The maximum atomic E-state index is 6.14. The van der Waals surface area contributed by atoms with Crippen LogP contribution in [0.3, 0.4) is 0 Å². The number of nitrogens with zero attached hydrogens (tertiary/aromatic N) is 1. The Morgan fingerprint density at radius 1 is 1.28 bits per heavy atom. The van der Waals surface area contributed by atoms with Crippen LogP contribution in [0.2, 0.25) is 0 Å². The summed E-state index contributed by atoms with van der Waals surface area (Å²) in [7, 11) is 0. The van der Waals surface area contributed by atoms with Gasteiger partial charge in [-0.2, -0.15) is 0 Å².